The minimum Gasteiger partial charge on any atom is -0.380 e. The normalized spacial score (nSPS) is 18.8. The molecule has 0 amide bonds. The van der Waals surface area contributed by atoms with Crippen molar-refractivity contribution in [1.29, 1.82) is 0 Å². The lowest BCUT2D eigenvalue weighted by atomic mass is 9.97. The van der Waals surface area contributed by atoms with Gasteiger partial charge in [0.05, 0.1) is 29.4 Å². The van der Waals surface area contributed by atoms with Gasteiger partial charge in [0.2, 0.25) is 5.95 Å². The van der Waals surface area contributed by atoms with Gasteiger partial charge in [-0.1, -0.05) is 0 Å². The molecule has 1 saturated heterocycles. The molecule has 1 aromatic carbocycles. The molecule has 0 aliphatic carbocycles. The van der Waals surface area contributed by atoms with Crippen molar-refractivity contribution in [2.75, 3.05) is 30.8 Å². The lowest BCUT2D eigenvalue weighted by molar-refractivity contribution is 0.0733. The number of hydrogen-bond donors (Lipinski definition) is 1. The fourth-order valence-corrected chi connectivity index (χ4v) is 4.40. The van der Waals surface area contributed by atoms with Gasteiger partial charge < -0.3 is 15.4 Å². The second-order valence-electron chi connectivity index (χ2n) is 8.60. The summed E-state index contributed by atoms with van der Waals surface area (Å²) >= 11 is 0. The maximum absolute atomic E-state index is 14.2. The van der Waals surface area contributed by atoms with Crippen LogP contribution in [0.25, 0.3) is 16.6 Å². The highest BCUT2D eigenvalue weighted by atomic mass is 19.1. The number of aromatic nitrogens is 6. The first-order valence-electron chi connectivity index (χ1n) is 11.0. The number of nitrogens with two attached hydrogens (primary N) is 1. The van der Waals surface area contributed by atoms with Gasteiger partial charge in [0.25, 0.3) is 0 Å². The standard InChI is InChI=1S/C22H26F2N8O/c1-12(13(2)33-3)31-11-16(9-26-31)30-6-4-5-14(10-30)20-28-21-17-7-15(23)8-18(24)19(17)27-22(25)32(21)29-20/h7-9,11-14H,4-6,10H2,1-3H3,(H2,25,27)/t12?,13?,14-/m1/s1. The molecule has 9 nitrogen and oxygen atoms in total. The average Bonchev–Trinajstić information content (AvgIpc) is 3.48. The van der Waals surface area contributed by atoms with Crippen molar-refractivity contribution in [3.05, 3.63) is 42.0 Å². The van der Waals surface area contributed by atoms with Gasteiger partial charge in [-0.25, -0.2) is 18.7 Å². The summed E-state index contributed by atoms with van der Waals surface area (Å²) < 4.78 is 36.8. The molecule has 4 aromatic rings. The zero-order valence-corrected chi connectivity index (χ0v) is 18.7. The average molecular weight is 457 g/mol. The predicted molar refractivity (Wildman–Crippen MR) is 120 cm³/mol. The number of ether oxygens (including phenoxy) is 1. The monoisotopic (exact) mass is 456 g/mol. The van der Waals surface area contributed by atoms with E-state index in [-0.39, 0.29) is 34.9 Å². The summed E-state index contributed by atoms with van der Waals surface area (Å²) in [6.45, 7) is 5.68. The third-order valence-electron chi connectivity index (χ3n) is 6.54. The number of hydrogen-bond acceptors (Lipinski definition) is 7. The minimum atomic E-state index is -0.776. The van der Waals surface area contributed by atoms with E-state index in [0.717, 1.165) is 31.1 Å². The number of piperidine rings is 1. The van der Waals surface area contributed by atoms with Crippen LogP contribution in [0.4, 0.5) is 20.4 Å². The van der Waals surface area contributed by atoms with Gasteiger partial charge >= 0.3 is 0 Å². The summed E-state index contributed by atoms with van der Waals surface area (Å²) in [6, 6.07) is 2.10. The minimum absolute atomic E-state index is 0.0111. The van der Waals surface area contributed by atoms with Gasteiger partial charge in [-0.15, -0.1) is 5.10 Å². The third kappa shape index (κ3) is 3.75. The molecule has 0 radical (unpaired) electrons. The number of anilines is 2. The zero-order valence-electron chi connectivity index (χ0n) is 18.7. The molecule has 3 aromatic heterocycles. The lowest BCUT2D eigenvalue weighted by Crippen LogP contribution is -2.34. The highest BCUT2D eigenvalue weighted by molar-refractivity contribution is 5.92. The van der Waals surface area contributed by atoms with Crippen LogP contribution in [0.3, 0.4) is 0 Å². The Kier molecular flexibility index (Phi) is 5.35. The Bertz CT molecular complexity index is 1320. The van der Waals surface area contributed by atoms with Crippen LogP contribution in [-0.4, -0.2) is 55.7 Å². The Labute approximate surface area is 189 Å². The zero-order chi connectivity index (χ0) is 23.3. The van der Waals surface area contributed by atoms with E-state index in [1.165, 1.54) is 10.6 Å². The molecule has 5 rings (SSSR count). The Morgan fingerprint density at radius 1 is 1.21 bits per heavy atom. The third-order valence-corrected chi connectivity index (χ3v) is 6.54. The van der Waals surface area contributed by atoms with E-state index in [0.29, 0.717) is 18.0 Å². The smallest absolute Gasteiger partial charge is 0.223 e. The summed E-state index contributed by atoms with van der Waals surface area (Å²) in [6.07, 6.45) is 5.78. The number of halogens is 2. The van der Waals surface area contributed by atoms with Gasteiger partial charge in [-0.2, -0.15) is 9.61 Å². The van der Waals surface area contributed by atoms with Crippen LogP contribution in [-0.2, 0) is 4.74 Å². The van der Waals surface area contributed by atoms with Crippen molar-refractivity contribution in [2.45, 2.75) is 44.8 Å². The van der Waals surface area contributed by atoms with Crippen molar-refractivity contribution >= 4 is 28.2 Å². The molecule has 0 spiro atoms. The molecule has 2 N–H and O–H groups in total. The van der Waals surface area contributed by atoms with Crippen molar-refractivity contribution in [2.24, 2.45) is 0 Å². The van der Waals surface area contributed by atoms with E-state index in [4.69, 9.17) is 10.5 Å². The summed E-state index contributed by atoms with van der Waals surface area (Å²) in [5.41, 5.74) is 7.32. The molecular weight excluding hydrogens is 430 g/mol. The molecule has 2 unspecified atom stereocenters. The van der Waals surface area contributed by atoms with Crippen LogP contribution in [0.15, 0.2) is 24.5 Å². The second kappa shape index (κ2) is 8.22. The Morgan fingerprint density at radius 2 is 2.03 bits per heavy atom. The maximum atomic E-state index is 14.2. The van der Waals surface area contributed by atoms with E-state index in [2.05, 4.69) is 32.0 Å². The van der Waals surface area contributed by atoms with E-state index in [1.54, 1.807) is 7.11 Å². The molecule has 0 bridgehead atoms. The van der Waals surface area contributed by atoms with Crippen LogP contribution in [0.2, 0.25) is 0 Å². The van der Waals surface area contributed by atoms with Crippen LogP contribution in [0.1, 0.15) is 44.5 Å². The lowest BCUT2D eigenvalue weighted by Gasteiger charge is -2.32. The van der Waals surface area contributed by atoms with Gasteiger partial charge in [0.15, 0.2) is 17.3 Å². The summed E-state index contributed by atoms with van der Waals surface area (Å²) in [5.74, 6) is -0.848. The highest BCUT2D eigenvalue weighted by Gasteiger charge is 2.27. The molecule has 3 atom stereocenters. The van der Waals surface area contributed by atoms with Crippen LogP contribution in [0.5, 0.6) is 0 Å². The van der Waals surface area contributed by atoms with Crippen molar-refractivity contribution < 1.29 is 13.5 Å². The fourth-order valence-electron chi connectivity index (χ4n) is 4.40. The second-order valence-corrected chi connectivity index (χ2v) is 8.60. The Balaban J connectivity index is 1.45. The highest BCUT2D eigenvalue weighted by Crippen LogP contribution is 2.31. The van der Waals surface area contributed by atoms with Gasteiger partial charge in [-0.3, -0.25) is 4.68 Å². The first-order valence-corrected chi connectivity index (χ1v) is 11.0. The Hall–Kier alpha value is -3.34. The predicted octanol–water partition coefficient (Wildman–Crippen LogP) is 3.31. The van der Waals surface area contributed by atoms with E-state index >= 15 is 0 Å². The quantitative estimate of drug-likeness (QED) is 0.492. The van der Waals surface area contributed by atoms with Gasteiger partial charge in [-0.05, 0) is 32.8 Å². The van der Waals surface area contributed by atoms with Crippen LogP contribution >= 0.6 is 0 Å². The molecule has 174 valence electrons. The van der Waals surface area contributed by atoms with Crippen LogP contribution < -0.4 is 10.6 Å². The van der Waals surface area contributed by atoms with Crippen LogP contribution in [0, 0.1) is 11.6 Å². The van der Waals surface area contributed by atoms with Crippen molar-refractivity contribution in [1.82, 2.24) is 29.4 Å². The van der Waals surface area contributed by atoms with E-state index < -0.39 is 11.6 Å². The number of benzene rings is 1. The van der Waals surface area contributed by atoms with Gasteiger partial charge in [0.1, 0.15) is 11.3 Å². The molecular formula is C22H26F2N8O. The molecule has 0 saturated carbocycles. The topological polar surface area (TPSA) is 99.4 Å². The summed E-state index contributed by atoms with van der Waals surface area (Å²) in [4.78, 5) is 11.0. The molecule has 11 heteroatoms. The number of methoxy groups -OCH3 is 1. The number of fused-ring (bicyclic) bond motifs is 3. The maximum Gasteiger partial charge on any atom is 0.223 e. The molecule has 33 heavy (non-hydrogen) atoms. The van der Waals surface area contributed by atoms with E-state index in [9.17, 15) is 8.78 Å². The summed E-state index contributed by atoms with van der Waals surface area (Å²) in [7, 11) is 1.69. The summed E-state index contributed by atoms with van der Waals surface area (Å²) in [5, 5.41) is 9.32. The molecule has 1 aliphatic rings. The van der Waals surface area contributed by atoms with E-state index in [1.807, 2.05) is 24.0 Å². The van der Waals surface area contributed by atoms with Gasteiger partial charge in [0, 0.05) is 38.4 Å². The van der Waals surface area contributed by atoms with Crippen molar-refractivity contribution in [3.63, 3.8) is 0 Å². The molecule has 4 heterocycles. The molecule has 1 fully saturated rings. The largest absolute Gasteiger partial charge is 0.380 e. The molecule has 1 aliphatic heterocycles. The number of rotatable bonds is 5. The number of nitrogen functional groups attached to an aromatic ring is 1. The Morgan fingerprint density at radius 3 is 2.82 bits per heavy atom. The fraction of sp³-hybridized carbons (Fsp3) is 0.455. The van der Waals surface area contributed by atoms with Crippen molar-refractivity contribution in [3.8, 4) is 0 Å². The number of nitrogens with zero attached hydrogens (tertiary/aromatic N) is 7. The first-order chi connectivity index (χ1) is 15.9. The first kappa shape index (κ1) is 21.5. The SMILES string of the molecule is COC(C)C(C)n1cc(N2CCC[C@@H](c3nc4c5cc(F)cc(F)c5nc(N)n4n3)C2)cn1.